The van der Waals surface area contributed by atoms with Gasteiger partial charge in [0.2, 0.25) is 10.0 Å². The highest BCUT2D eigenvalue weighted by Gasteiger charge is 2.49. The highest BCUT2D eigenvalue weighted by molar-refractivity contribution is 7.96. The molecule has 0 fully saturated rings. The summed E-state index contributed by atoms with van der Waals surface area (Å²) in [4.78, 5) is 0. The zero-order valence-corrected chi connectivity index (χ0v) is 15.9. The predicted molar refractivity (Wildman–Crippen MR) is 89.9 cm³/mol. The molecule has 1 aromatic heterocycles. The molecule has 0 spiro atoms. The Balaban J connectivity index is 0.00000242. The Hall–Kier alpha value is -0.190. The van der Waals surface area contributed by atoms with Gasteiger partial charge in [0, 0.05) is 6.54 Å². The van der Waals surface area contributed by atoms with Crippen LogP contribution in [0.15, 0.2) is 14.5 Å². The van der Waals surface area contributed by atoms with Gasteiger partial charge in [-0.25, -0.2) is 22.0 Å². The molecule has 0 aliphatic carbocycles. The van der Waals surface area contributed by atoms with Crippen LogP contribution >= 0.6 is 23.7 Å². The van der Waals surface area contributed by atoms with Crippen molar-refractivity contribution >= 4 is 43.6 Å². The lowest BCUT2D eigenvalue weighted by molar-refractivity contribution is 0.478. The first-order valence-corrected chi connectivity index (χ1v) is 10.4. The second-order valence-corrected chi connectivity index (χ2v) is 11.6. The minimum Gasteiger partial charge on any atom is -0.315 e. The van der Waals surface area contributed by atoms with Crippen LogP contribution in [-0.4, -0.2) is 34.7 Å². The van der Waals surface area contributed by atoms with Crippen molar-refractivity contribution < 1.29 is 16.8 Å². The smallest absolute Gasteiger partial charge is 0.247 e. The third-order valence-corrected chi connectivity index (χ3v) is 9.17. The van der Waals surface area contributed by atoms with Gasteiger partial charge < -0.3 is 5.32 Å². The van der Waals surface area contributed by atoms with E-state index in [4.69, 9.17) is 5.14 Å². The van der Waals surface area contributed by atoms with Crippen molar-refractivity contribution in [3.63, 3.8) is 0 Å². The number of thiophene rings is 1. The molecule has 1 aliphatic heterocycles. The SMILES string of the molecule is CC(C)CNCC1(C)Cc2cc(S(N)(=O)=O)sc2S1(=O)=O.Cl. The summed E-state index contributed by atoms with van der Waals surface area (Å²) in [5.74, 6) is 0.431. The van der Waals surface area contributed by atoms with Crippen LogP contribution in [0, 0.1) is 5.92 Å². The predicted octanol–water partition coefficient (Wildman–Crippen LogP) is 1.15. The van der Waals surface area contributed by atoms with Gasteiger partial charge in [-0.3, -0.25) is 0 Å². The van der Waals surface area contributed by atoms with Crippen molar-refractivity contribution in [2.45, 2.75) is 40.4 Å². The molecule has 6 nitrogen and oxygen atoms in total. The normalized spacial score (nSPS) is 23.3. The molecule has 22 heavy (non-hydrogen) atoms. The van der Waals surface area contributed by atoms with Crippen molar-refractivity contribution in [1.29, 1.82) is 0 Å². The van der Waals surface area contributed by atoms with Crippen LogP contribution in [0.5, 0.6) is 0 Å². The first-order valence-electron chi connectivity index (χ1n) is 6.58. The number of hydrogen-bond acceptors (Lipinski definition) is 6. The van der Waals surface area contributed by atoms with Crippen LogP contribution in [-0.2, 0) is 26.3 Å². The van der Waals surface area contributed by atoms with Crippen LogP contribution in [0.1, 0.15) is 26.3 Å². The number of hydrogen-bond donors (Lipinski definition) is 2. The molecular formula is C12H21ClN2O4S3. The van der Waals surface area contributed by atoms with Gasteiger partial charge in [0.15, 0.2) is 9.84 Å². The van der Waals surface area contributed by atoms with Crippen molar-refractivity contribution in [3.8, 4) is 0 Å². The van der Waals surface area contributed by atoms with Crippen LogP contribution in [0.25, 0.3) is 0 Å². The third kappa shape index (κ3) is 3.49. The van der Waals surface area contributed by atoms with Gasteiger partial charge in [0.1, 0.15) is 8.42 Å². The molecule has 1 unspecified atom stereocenters. The third-order valence-electron chi connectivity index (χ3n) is 3.54. The summed E-state index contributed by atoms with van der Waals surface area (Å²) in [6.07, 6.45) is 0.307. The lowest BCUT2D eigenvalue weighted by atomic mass is 10.0. The number of fused-ring (bicyclic) bond motifs is 1. The number of primary sulfonamides is 1. The minimum atomic E-state index is -3.86. The maximum Gasteiger partial charge on any atom is 0.247 e. The second kappa shape index (κ2) is 6.37. The lowest BCUT2D eigenvalue weighted by Crippen LogP contribution is -2.44. The summed E-state index contributed by atoms with van der Waals surface area (Å²) in [5.41, 5.74) is 0.554. The van der Waals surface area contributed by atoms with Gasteiger partial charge in [-0.2, -0.15) is 0 Å². The van der Waals surface area contributed by atoms with E-state index in [-0.39, 0.29) is 20.8 Å². The molecule has 0 saturated heterocycles. The number of nitrogens with two attached hydrogens (primary N) is 1. The molecule has 0 aromatic carbocycles. The fourth-order valence-corrected chi connectivity index (χ4v) is 7.08. The zero-order valence-electron chi connectivity index (χ0n) is 12.6. The Labute approximate surface area is 141 Å². The van der Waals surface area contributed by atoms with Gasteiger partial charge in [-0.1, -0.05) is 13.8 Å². The van der Waals surface area contributed by atoms with E-state index in [0.29, 0.717) is 24.4 Å². The van der Waals surface area contributed by atoms with E-state index in [1.807, 2.05) is 13.8 Å². The number of sulfone groups is 1. The van der Waals surface area contributed by atoms with E-state index in [1.165, 1.54) is 6.07 Å². The van der Waals surface area contributed by atoms with Crippen LogP contribution in [0.4, 0.5) is 0 Å². The molecule has 1 aliphatic rings. The Morgan fingerprint density at radius 3 is 2.50 bits per heavy atom. The molecule has 3 N–H and O–H groups in total. The molecular weight excluding hydrogens is 368 g/mol. The number of halogens is 1. The van der Waals surface area contributed by atoms with Crippen molar-refractivity contribution in [2.24, 2.45) is 11.1 Å². The van der Waals surface area contributed by atoms with Gasteiger partial charge in [-0.15, -0.1) is 23.7 Å². The topological polar surface area (TPSA) is 106 Å². The maximum absolute atomic E-state index is 12.7. The summed E-state index contributed by atoms with van der Waals surface area (Å²) >= 11 is 0.749. The highest BCUT2D eigenvalue weighted by Crippen LogP contribution is 2.44. The summed E-state index contributed by atoms with van der Waals surface area (Å²) in [6, 6.07) is 1.39. The van der Waals surface area contributed by atoms with Gasteiger partial charge in [-0.05, 0) is 37.4 Å². The second-order valence-electron chi connectivity index (χ2n) is 6.08. The summed E-state index contributed by atoms with van der Waals surface area (Å²) in [6.45, 7) is 6.88. The summed E-state index contributed by atoms with van der Waals surface area (Å²) < 4.78 is 47.1. The average molecular weight is 389 g/mol. The Morgan fingerprint density at radius 2 is 2.05 bits per heavy atom. The molecule has 1 aromatic rings. The molecule has 128 valence electrons. The molecule has 2 heterocycles. The van der Waals surface area contributed by atoms with E-state index < -0.39 is 24.6 Å². The Kier molecular flexibility index (Phi) is 5.75. The van der Waals surface area contributed by atoms with Crippen LogP contribution < -0.4 is 10.5 Å². The summed E-state index contributed by atoms with van der Waals surface area (Å²) in [7, 11) is -7.41. The van der Waals surface area contributed by atoms with E-state index in [0.717, 1.165) is 17.9 Å². The van der Waals surface area contributed by atoms with Crippen molar-refractivity contribution in [1.82, 2.24) is 5.32 Å². The van der Waals surface area contributed by atoms with Gasteiger partial charge >= 0.3 is 0 Å². The molecule has 10 heteroatoms. The van der Waals surface area contributed by atoms with E-state index in [9.17, 15) is 16.8 Å². The van der Waals surface area contributed by atoms with Crippen LogP contribution in [0.3, 0.4) is 0 Å². The highest BCUT2D eigenvalue weighted by atomic mass is 35.5. The molecule has 1 atom stereocenters. The first-order chi connectivity index (χ1) is 9.47. The molecule has 2 rings (SSSR count). The zero-order chi connectivity index (χ0) is 16.1. The standard InChI is InChI=1S/C12H20N2O4S3.ClH/c1-8(2)6-14-7-12(3)5-9-4-10(21(13,17)18)19-11(9)20(12,15)16;/h4,8,14H,5-7H2,1-3H3,(H2,13,17,18);1H. The Bertz CT molecular complexity index is 755. The van der Waals surface area contributed by atoms with Crippen molar-refractivity contribution in [3.05, 3.63) is 11.6 Å². The fraction of sp³-hybridized carbons (Fsp3) is 0.667. The van der Waals surface area contributed by atoms with Gasteiger partial charge in [0.05, 0.1) is 4.75 Å². The molecule has 0 saturated carbocycles. The lowest BCUT2D eigenvalue weighted by Gasteiger charge is -2.24. The van der Waals surface area contributed by atoms with E-state index >= 15 is 0 Å². The maximum atomic E-state index is 12.7. The number of sulfonamides is 1. The Morgan fingerprint density at radius 1 is 1.45 bits per heavy atom. The minimum absolute atomic E-state index is 0. The fourth-order valence-electron chi connectivity index (χ4n) is 2.38. The van der Waals surface area contributed by atoms with Crippen LogP contribution in [0.2, 0.25) is 0 Å². The first kappa shape index (κ1) is 19.9. The molecule has 0 amide bonds. The van der Waals surface area contributed by atoms with Crippen molar-refractivity contribution in [2.75, 3.05) is 13.1 Å². The summed E-state index contributed by atoms with van der Waals surface area (Å²) in [5, 5.41) is 8.24. The van der Waals surface area contributed by atoms with Gasteiger partial charge in [0.25, 0.3) is 0 Å². The largest absolute Gasteiger partial charge is 0.315 e. The molecule has 0 bridgehead atoms. The quantitative estimate of drug-likeness (QED) is 0.786. The van der Waals surface area contributed by atoms with E-state index in [2.05, 4.69) is 5.32 Å². The number of rotatable bonds is 5. The average Bonchev–Trinajstić information content (AvgIpc) is 2.78. The van der Waals surface area contributed by atoms with E-state index in [1.54, 1.807) is 6.92 Å². The monoisotopic (exact) mass is 388 g/mol. The molecule has 0 radical (unpaired) electrons. The number of nitrogens with one attached hydrogen (secondary N) is 1.